The Morgan fingerprint density at radius 2 is 1.56 bits per heavy atom. The fourth-order valence-electron chi connectivity index (χ4n) is 5.08. The SMILES string of the molecule is O=C(N[C@H](COC(=O)[C@H](Cc1ccc(O)cc1)NCl)c1ccccc1)C1CCC(NS(=O)(=O)c2ccc(C(F)(F)F)cc2)CC1. The third-order valence-corrected chi connectivity index (χ3v) is 9.41. The summed E-state index contributed by atoms with van der Waals surface area (Å²) in [5, 5.41) is 12.4. The molecule has 1 amide bonds. The first-order valence-corrected chi connectivity index (χ1v) is 16.1. The Hall–Kier alpha value is -3.65. The third kappa shape index (κ3) is 9.67. The molecule has 9 nitrogen and oxygen atoms in total. The number of carbonyl (C=O) groups excluding carboxylic acids is 2. The molecule has 0 saturated heterocycles. The summed E-state index contributed by atoms with van der Waals surface area (Å²) in [7, 11) is -4.05. The van der Waals surface area contributed by atoms with Crippen LogP contribution in [-0.4, -0.2) is 44.1 Å². The van der Waals surface area contributed by atoms with Gasteiger partial charge < -0.3 is 15.2 Å². The van der Waals surface area contributed by atoms with E-state index in [0.717, 1.165) is 29.8 Å². The molecule has 4 rings (SSSR count). The number of nitrogens with one attached hydrogen (secondary N) is 3. The van der Waals surface area contributed by atoms with Gasteiger partial charge in [0, 0.05) is 12.0 Å². The van der Waals surface area contributed by atoms with Crippen molar-refractivity contribution in [2.75, 3.05) is 6.61 Å². The Morgan fingerprint density at radius 3 is 2.13 bits per heavy atom. The van der Waals surface area contributed by atoms with E-state index in [1.165, 1.54) is 12.1 Å². The predicted molar refractivity (Wildman–Crippen MR) is 160 cm³/mol. The molecular formula is C31H33ClF3N3O6S. The molecule has 2 atom stereocenters. The van der Waals surface area contributed by atoms with Crippen LogP contribution in [0.4, 0.5) is 13.2 Å². The van der Waals surface area contributed by atoms with Gasteiger partial charge in [-0.15, -0.1) is 0 Å². The molecule has 0 aromatic heterocycles. The van der Waals surface area contributed by atoms with Crippen molar-refractivity contribution in [1.82, 2.24) is 14.9 Å². The molecule has 0 spiro atoms. The quantitative estimate of drug-likeness (QED) is 0.158. The van der Waals surface area contributed by atoms with Crippen molar-refractivity contribution in [2.45, 2.75) is 61.3 Å². The smallest absolute Gasteiger partial charge is 0.416 e. The third-order valence-electron chi connectivity index (χ3n) is 7.61. The summed E-state index contributed by atoms with van der Waals surface area (Å²) in [6.45, 7) is -0.165. The van der Waals surface area contributed by atoms with E-state index < -0.39 is 51.8 Å². The van der Waals surface area contributed by atoms with E-state index in [-0.39, 0.29) is 29.6 Å². The van der Waals surface area contributed by atoms with Crippen LogP contribution < -0.4 is 14.9 Å². The van der Waals surface area contributed by atoms with Crippen molar-refractivity contribution in [3.63, 3.8) is 0 Å². The normalized spacial score (nSPS) is 18.5. The second kappa shape index (κ2) is 15.1. The first kappa shape index (κ1) is 34.2. The standard InChI is InChI=1S/C31H33ClF3N3O6S/c32-37-27(18-20-6-14-25(39)15-7-20)30(41)44-19-28(21-4-2-1-3-5-21)36-29(40)22-8-12-24(13-9-22)38-45(42,43)26-16-10-23(11-17-26)31(33,34)35/h1-7,10-11,14-17,22,24,27-28,37-39H,8-9,12-13,18-19H2,(H,36,40)/t22?,24?,27-,28+/m0/s1. The predicted octanol–water partition coefficient (Wildman–Crippen LogP) is 5.00. The zero-order valence-electron chi connectivity index (χ0n) is 24.0. The molecule has 0 radical (unpaired) electrons. The number of phenols is 1. The molecule has 3 aromatic rings. The van der Waals surface area contributed by atoms with Crippen LogP contribution in [0.15, 0.2) is 83.8 Å². The summed E-state index contributed by atoms with van der Waals surface area (Å²) in [6, 6.07) is 16.5. The minimum absolute atomic E-state index is 0.0890. The topological polar surface area (TPSA) is 134 Å². The molecular weight excluding hydrogens is 635 g/mol. The largest absolute Gasteiger partial charge is 0.508 e. The van der Waals surface area contributed by atoms with Crippen molar-refractivity contribution in [3.8, 4) is 5.75 Å². The van der Waals surface area contributed by atoms with E-state index in [1.807, 2.05) is 6.07 Å². The highest BCUT2D eigenvalue weighted by Crippen LogP contribution is 2.31. The fourth-order valence-corrected chi connectivity index (χ4v) is 6.55. The molecule has 0 unspecified atom stereocenters. The van der Waals surface area contributed by atoms with Gasteiger partial charge in [0.15, 0.2) is 0 Å². The van der Waals surface area contributed by atoms with Crippen LogP contribution in [0, 0.1) is 5.92 Å². The van der Waals surface area contributed by atoms with Crippen molar-refractivity contribution in [1.29, 1.82) is 0 Å². The maximum absolute atomic E-state index is 13.3. The van der Waals surface area contributed by atoms with Gasteiger partial charge in [0.05, 0.1) is 16.5 Å². The summed E-state index contributed by atoms with van der Waals surface area (Å²) >= 11 is 5.82. The second-order valence-corrected chi connectivity index (χ2v) is 12.8. The number of benzene rings is 3. The number of aromatic hydroxyl groups is 1. The molecule has 4 N–H and O–H groups in total. The van der Waals surface area contributed by atoms with Crippen molar-refractivity contribution in [2.24, 2.45) is 5.92 Å². The molecule has 0 bridgehead atoms. The minimum Gasteiger partial charge on any atom is -0.508 e. The Morgan fingerprint density at radius 1 is 0.933 bits per heavy atom. The summed E-state index contributed by atoms with van der Waals surface area (Å²) in [6.07, 6.45) is -2.92. The monoisotopic (exact) mass is 667 g/mol. The Bertz CT molecular complexity index is 1530. The van der Waals surface area contributed by atoms with Gasteiger partial charge in [0.2, 0.25) is 15.9 Å². The Labute approximate surface area is 264 Å². The highest BCUT2D eigenvalue weighted by molar-refractivity contribution is 7.89. The van der Waals surface area contributed by atoms with E-state index in [9.17, 15) is 36.3 Å². The number of ether oxygens (including phenoxy) is 1. The zero-order chi connectivity index (χ0) is 32.6. The van der Waals surface area contributed by atoms with E-state index in [1.54, 1.807) is 36.4 Å². The lowest BCUT2D eigenvalue weighted by Gasteiger charge is -2.30. The highest BCUT2D eigenvalue weighted by atomic mass is 35.5. The number of rotatable bonds is 12. The lowest BCUT2D eigenvalue weighted by Crippen LogP contribution is -2.42. The number of carbonyl (C=O) groups is 2. The number of halogens is 4. The van der Waals surface area contributed by atoms with Gasteiger partial charge in [-0.25, -0.2) is 18.0 Å². The van der Waals surface area contributed by atoms with E-state index in [2.05, 4.69) is 14.9 Å². The van der Waals surface area contributed by atoms with Gasteiger partial charge in [-0.2, -0.15) is 13.2 Å². The van der Waals surface area contributed by atoms with Gasteiger partial charge in [0.25, 0.3) is 0 Å². The average Bonchev–Trinajstić information content (AvgIpc) is 3.02. The van der Waals surface area contributed by atoms with Crippen LogP contribution in [0.1, 0.15) is 48.4 Å². The Balaban J connectivity index is 1.32. The minimum atomic E-state index is -4.58. The van der Waals surface area contributed by atoms with Gasteiger partial charge >= 0.3 is 12.1 Å². The lowest BCUT2D eigenvalue weighted by molar-refractivity contribution is -0.147. The van der Waals surface area contributed by atoms with Crippen LogP contribution in [0.25, 0.3) is 0 Å². The molecule has 0 heterocycles. The number of sulfonamides is 1. The maximum Gasteiger partial charge on any atom is 0.416 e. The highest BCUT2D eigenvalue weighted by Gasteiger charge is 2.33. The number of hydrogen-bond donors (Lipinski definition) is 4. The van der Waals surface area contributed by atoms with Crippen LogP contribution in [-0.2, 0) is 36.9 Å². The molecule has 1 aliphatic carbocycles. The molecule has 45 heavy (non-hydrogen) atoms. The van der Waals surface area contributed by atoms with Gasteiger partial charge in [0.1, 0.15) is 18.4 Å². The summed E-state index contributed by atoms with van der Waals surface area (Å²) in [4.78, 5) is 28.3. The second-order valence-electron chi connectivity index (χ2n) is 10.8. The van der Waals surface area contributed by atoms with Gasteiger partial charge in [-0.3, -0.25) is 9.59 Å². The van der Waals surface area contributed by atoms with Crippen LogP contribution in [0.5, 0.6) is 5.75 Å². The van der Waals surface area contributed by atoms with E-state index in [0.29, 0.717) is 31.2 Å². The molecule has 3 aromatic carbocycles. The Kier molecular flexibility index (Phi) is 11.5. The first-order chi connectivity index (χ1) is 21.4. The van der Waals surface area contributed by atoms with Crippen molar-refractivity contribution >= 4 is 33.7 Å². The molecule has 1 fully saturated rings. The van der Waals surface area contributed by atoms with Crippen LogP contribution in [0.2, 0.25) is 0 Å². The van der Waals surface area contributed by atoms with E-state index >= 15 is 0 Å². The average molecular weight is 668 g/mol. The fraction of sp³-hybridized carbons (Fsp3) is 0.355. The van der Waals surface area contributed by atoms with Crippen LogP contribution >= 0.6 is 11.8 Å². The first-order valence-electron chi connectivity index (χ1n) is 14.2. The number of esters is 1. The summed E-state index contributed by atoms with van der Waals surface area (Å²) < 4.78 is 72.1. The molecule has 14 heteroatoms. The molecule has 1 saturated carbocycles. The summed E-state index contributed by atoms with van der Waals surface area (Å²) in [5.41, 5.74) is 0.514. The van der Waals surface area contributed by atoms with Crippen LogP contribution in [0.3, 0.4) is 0 Å². The number of amides is 1. The summed E-state index contributed by atoms with van der Waals surface area (Å²) in [5.74, 6) is -1.24. The van der Waals surface area contributed by atoms with Gasteiger partial charge in [-0.05, 0) is 91.4 Å². The molecule has 242 valence electrons. The molecule has 1 aliphatic rings. The maximum atomic E-state index is 13.3. The molecule has 0 aliphatic heterocycles. The van der Waals surface area contributed by atoms with Crippen molar-refractivity contribution in [3.05, 3.63) is 95.6 Å². The number of hydrogen-bond acceptors (Lipinski definition) is 7. The lowest BCUT2D eigenvalue weighted by atomic mass is 9.85. The van der Waals surface area contributed by atoms with Crippen molar-refractivity contribution < 1.29 is 41.0 Å². The zero-order valence-corrected chi connectivity index (χ0v) is 25.5. The van der Waals surface area contributed by atoms with Gasteiger partial charge in [-0.1, -0.05) is 42.5 Å². The van der Waals surface area contributed by atoms with E-state index in [4.69, 9.17) is 16.5 Å². The number of phenolic OH excluding ortho intramolecular Hbond substituents is 1. The number of alkyl halides is 3.